The molecule has 1 saturated heterocycles. The SMILES string of the molecule is COC(=O)CN1CC/C=C\CCN(C(C)=O)CC(=O)N[C@@H](CC(C)C)C(=O)N2CCC[C@H]2C(=O)N[C@@H](Cc2ccccc2)C1=O. The first-order valence-electron chi connectivity index (χ1n) is 15.7. The highest BCUT2D eigenvalue weighted by molar-refractivity contribution is 5.95. The lowest BCUT2D eigenvalue weighted by molar-refractivity contribution is -0.148. The van der Waals surface area contributed by atoms with Gasteiger partial charge in [0.25, 0.3) is 0 Å². The standard InChI is InChI=1S/C33H47N5O7/c1-23(2)19-26-33(44)38-18-12-15-28(38)31(42)35-27(20-25-13-8-7-9-14-25)32(43)37(22-30(41)45-4)17-11-6-5-10-16-36(24(3)39)21-29(40)34-26/h5-9,13-14,23,26-28H,10-12,15-22H2,1-4H3,(H,34,40)(H,35,42)/b6-5-/t26-,27-,28-/m0/s1. The summed E-state index contributed by atoms with van der Waals surface area (Å²) < 4.78 is 4.85. The van der Waals surface area contributed by atoms with E-state index >= 15 is 0 Å². The minimum Gasteiger partial charge on any atom is -0.468 e. The van der Waals surface area contributed by atoms with Crippen LogP contribution in [0.2, 0.25) is 0 Å². The van der Waals surface area contributed by atoms with Crippen LogP contribution >= 0.6 is 0 Å². The Morgan fingerprint density at radius 2 is 1.62 bits per heavy atom. The second-order valence-electron chi connectivity index (χ2n) is 12.0. The number of carbonyl (C=O) groups excluding carboxylic acids is 6. The van der Waals surface area contributed by atoms with Gasteiger partial charge < -0.3 is 30.1 Å². The summed E-state index contributed by atoms with van der Waals surface area (Å²) in [6, 6.07) is 6.56. The monoisotopic (exact) mass is 625 g/mol. The first-order valence-corrected chi connectivity index (χ1v) is 15.7. The summed E-state index contributed by atoms with van der Waals surface area (Å²) in [6.45, 7) is 5.59. The molecule has 2 aliphatic heterocycles. The smallest absolute Gasteiger partial charge is 0.325 e. The molecular formula is C33H47N5O7. The Hall–Kier alpha value is -4.22. The van der Waals surface area contributed by atoms with Crippen molar-refractivity contribution in [2.75, 3.05) is 39.8 Å². The summed E-state index contributed by atoms with van der Waals surface area (Å²) in [5.74, 6) is -2.52. The molecule has 1 aromatic rings. The predicted molar refractivity (Wildman–Crippen MR) is 167 cm³/mol. The van der Waals surface area contributed by atoms with Gasteiger partial charge in [-0.2, -0.15) is 0 Å². The zero-order chi connectivity index (χ0) is 32.9. The highest BCUT2D eigenvalue weighted by Gasteiger charge is 2.39. The molecule has 0 aliphatic carbocycles. The maximum atomic E-state index is 14.0. The number of benzene rings is 1. The van der Waals surface area contributed by atoms with E-state index in [9.17, 15) is 28.8 Å². The van der Waals surface area contributed by atoms with Gasteiger partial charge in [0.1, 0.15) is 24.7 Å². The second-order valence-corrected chi connectivity index (χ2v) is 12.0. The average Bonchev–Trinajstić information content (AvgIpc) is 3.50. The number of ether oxygens (including phenoxy) is 1. The molecule has 0 aromatic heterocycles. The first kappa shape index (κ1) is 35.3. The van der Waals surface area contributed by atoms with Crippen molar-refractivity contribution in [1.82, 2.24) is 25.3 Å². The van der Waals surface area contributed by atoms with Crippen molar-refractivity contribution in [3.05, 3.63) is 48.0 Å². The van der Waals surface area contributed by atoms with E-state index in [0.29, 0.717) is 45.2 Å². The maximum Gasteiger partial charge on any atom is 0.325 e. The Labute approximate surface area is 265 Å². The summed E-state index contributed by atoms with van der Waals surface area (Å²) in [5, 5.41) is 5.72. The van der Waals surface area contributed by atoms with Crippen LogP contribution in [0.4, 0.5) is 0 Å². The van der Waals surface area contributed by atoms with Gasteiger partial charge in [0, 0.05) is 33.0 Å². The summed E-state index contributed by atoms with van der Waals surface area (Å²) in [4.78, 5) is 83.6. The van der Waals surface area contributed by atoms with Crippen LogP contribution in [0, 0.1) is 5.92 Å². The van der Waals surface area contributed by atoms with Crippen LogP contribution in [-0.2, 0) is 39.9 Å². The molecule has 12 heteroatoms. The molecule has 2 N–H and O–H groups in total. The van der Waals surface area contributed by atoms with E-state index in [1.54, 1.807) is 0 Å². The van der Waals surface area contributed by atoms with E-state index in [2.05, 4.69) is 10.6 Å². The molecule has 2 heterocycles. The van der Waals surface area contributed by atoms with Crippen LogP contribution in [0.3, 0.4) is 0 Å². The third kappa shape index (κ3) is 10.7. The summed E-state index contributed by atoms with van der Waals surface area (Å²) in [7, 11) is 1.25. The number of hydrogen-bond donors (Lipinski definition) is 2. The topological polar surface area (TPSA) is 145 Å². The van der Waals surface area contributed by atoms with E-state index in [1.165, 1.54) is 28.7 Å². The largest absolute Gasteiger partial charge is 0.468 e. The molecule has 5 amide bonds. The van der Waals surface area contributed by atoms with Gasteiger partial charge in [-0.3, -0.25) is 28.8 Å². The molecule has 12 nitrogen and oxygen atoms in total. The van der Waals surface area contributed by atoms with Crippen LogP contribution in [0.25, 0.3) is 0 Å². The highest BCUT2D eigenvalue weighted by atomic mass is 16.5. The van der Waals surface area contributed by atoms with Gasteiger partial charge in [0.05, 0.1) is 13.7 Å². The summed E-state index contributed by atoms with van der Waals surface area (Å²) >= 11 is 0. The van der Waals surface area contributed by atoms with Gasteiger partial charge in [-0.15, -0.1) is 0 Å². The Kier molecular flexibility index (Phi) is 13.6. The number of hydrogen-bond acceptors (Lipinski definition) is 7. The molecule has 2 aliphatic rings. The maximum absolute atomic E-state index is 14.0. The molecule has 0 spiro atoms. The van der Waals surface area contributed by atoms with Gasteiger partial charge >= 0.3 is 5.97 Å². The number of carbonyl (C=O) groups is 6. The lowest BCUT2D eigenvalue weighted by Crippen LogP contribution is -2.58. The highest BCUT2D eigenvalue weighted by Crippen LogP contribution is 2.21. The molecular weight excluding hydrogens is 578 g/mol. The van der Waals surface area contributed by atoms with Crippen molar-refractivity contribution in [3.8, 4) is 0 Å². The predicted octanol–water partition coefficient (Wildman–Crippen LogP) is 1.44. The fourth-order valence-corrected chi connectivity index (χ4v) is 5.68. The molecule has 0 bridgehead atoms. The number of amides is 5. The van der Waals surface area contributed by atoms with Crippen LogP contribution < -0.4 is 10.6 Å². The Morgan fingerprint density at radius 3 is 2.27 bits per heavy atom. The lowest BCUT2D eigenvalue weighted by atomic mass is 10.0. The van der Waals surface area contributed by atoms with Crippen molar-refractivity contribution in [2.24, 2.45) is 5.92 Å². The first-order chi connectivity index (χ1) is 21.5. The van der Waals surface area contributed by atoms with E-state index < -0.39 is 41.8 Å². The van der Waals surface area contributed by atoms with Gasteiger partial charge in [0.2, 0.25) is 29.5 Å². The number of nitrogens with zero attached hydrogens (tertiary/aromatic N) is 3. The minimum atomic E-state index is -0.997. The Morgan fingerprint density at radius 1 is 0.933 bits per heavy atom. The molecule has 246 valence electrons. The van der Waals surface area contributed by atoms with Gasteiger partial charge in [0.15, 0.2) is 0 Å². The molecule has 0 radical (unpaired) electrons. The van der Waals surface area contributed by atoms with Crippen LogP contribution in [-0.4, -0.2) is 108 Å². The van der Waals surface area contributed by atoms with Crippen molar-refractivity contribution < 1.29 is 33.5 Å². The number of fused-ring (bicyclic) bond motifs is 1. The van der Waals surface area contributed by atoms with E-state index in [1.807, 2.05) is 56.3 Å². The molecule has 1 aromatic carbocycles. The number of nitrogens with one attached hydrogen (secondary N) is 2. The van der Waals surface area contributed by atoms with E-state index in [4.69, 9.17) is 4.74 Å². The number of rotatable bonds is 6. The molecule has 0 unspecified atom stereocenters. The zero-order valence-corrected chi connectivity index (χ0v) is 26.8. The lowest BCUT2D eigenvalue weighted by Gasteiger charge is -2.32. The van der Waals surface area contributed by atoms with Gasteiger partial charge in [-0.1, -0.05) is 56.3 Å². The minimum absolute atomic E-state index is 0.0680. The van der Waals surface area contributed by atoms with Crippen molar-refractivity contribution >= 4 is 35.5 Å². The molecule has 0 saturated carbocycles. The Balaban J connectivity index is 1.98. The molecule has 3 rings (SSSR count). The van der Waals surface area contributed by atoms with Gasteiger partial charge in [-0.25, -0.2) is 0 Å². The Bertz CT molecular complexity index is 1240. The average molecular weight is 626 g/mol. The number of methoxy groups -OCH3 is 1. The van der Waals surface area contributed by atoms with Crippen molar-refractivity contribution in [1.29, 1.82) is 0 Å². The van der Waals surface area contributed by atoms with Gasteiger partial charge in [-0.05, 0) is 43.6 Å². The molecule has 45 heavy (non-hydrogen) atoms. The molecule has 1 fully saturated rings. The fourth-order valence-electron chi connectivity index (χ4n) is 5.68. The quantitative estimate of drug-likeness (QED) is 0.360. The van der Waals surface area contributed by atoms with Crippen LogP contribution in [0.15, 0.2) is 42.5 Å². The number of esters is 1. The van der Waals surface area contributed by atoms with E-state index in [-0.39, 0.29) is 43.8 Å². The summed E-state index contributed by atoms with van der Waals surface area (Å²) in [5.41, 5.74) is 0.821. The third-order valence-electron chi connectivity index (χ3n) is 8.01. The zero-order valence-electron chi connectivity index (χ0n) is 26.8. The third-order valence-corrected chi connectivity index (χ3v) is 8.01. The summed E-state index contributed by atoms with van der Waals surface area (Å²) in [6.07, 6.45) is 6.12. The fraction of sp³-hybridized carbons (Fsp3) is 0.576. The van der Waals surface area contributed by atoms with Crippen LogP contribution in [0.1, 0.15) is 58.4 Å². The van der Waals surface area contributed by atoms with Crippen molar-refractivity contribution in [2.45, 2.75) is 77.4 Å². The van der Waals surface area contributed by atoms with E-state index in [0.717, 1.165) is 5.56 Å². The normalized spacial score (nSPS) is 23.4. The molecule has 3 atom stereocenters. The van der Waals surface area contributed by atoms with Crippen molar-refractivity contribution in [3.63, 3.8) is 0 Å². The van der Waals surface area contributed by atoms with Crippen LogP contribution in [0.5, 0.6) is 0 Å². The second kappa shape index (κ2) is 17.3.